The van der Waals surface area contributed by atoms with Gasteiger partial charge in [0, 0.05) is 29.4 Å². The molecule has 4 rings (SSSR count). The van der Waals surface area contributed by atoms with Crippen LogP contribution in [0.5, 0.6) is 0 Å². The Hall–Kier alpha value is -3.74. The second-order valence-corrected chi connectivity index (χ2v) is 7.69. The second kappa shape index (κ2) is 8.55. The molecule has 0 fully saturated rings. The molecule has 2 aromatic heterocycles. The van der Waals surface area contributed by atoms with Crippen LogP contribution in [-0.4, -0.2) is 22.5 Å². The number of anilines is 1. The summed E-state index contributed by atoms with van der Waals surface area (Å²) >= 11 is 0. The summed E-state index contributed by atoms with van der Waals surface area (Å²) in [4.78, 5) is 29.2. The smallest absolute Gasteiger partial charge is 0.291 e. The van der Waals surface area contributed by atoms with Crippen LogP contribution in [0.25, 0.3) is 0 Å². The van der Waals surface area contributed by atoms with Crippen LogP contribution >= 0.6 is 0 Å². The zero-order valence-electron chi connectivity index (χ0n) is 17.8. The van der Waals surface area contributed by atoms with E-state index in [4.69, 9.17) is 4.42 Å². The van der Waals surface area contributed by atoms with E-state index in [1.807, 2.05) is 39.0 Å². The van der Waals surface area contributed by atoms with Gasteiger partial charge in [0.15, 0.2) is 5.76 Å². The number of carbonyl (C=O) groups is 2. The largest absolute Gasteiger partial charge is 0.455 e. The number of hydrazone groups is 1. The molecule has 2 amide bonds. The molecule has 0 aliphatic heterocycles. The number of benzene rings is 1. The van der Waals surface area contributed by atoms with Gasteiger partial charge in [0.2, 0.25) is 0 Å². The summed E-state index contributed by atoms with van der Waals surface area (Å²) in [6, 6.07) is 11.0. The van der Waals surface area contributed by atoms with Gasteiger partial charge >= 0.3 is 0 Å². The van der Waals surface area contributed by atoms with Gasteiger partial charge in [-0.1, -0.05) is 23.8 Å². The van der Waals surface area contributed by atoms with Crippen molar-refractivity contribution in [1.82, 2.24) is 10.4 Å². The molecule has 0 saturated carbocycles. The third-order valence-corrected chi connectivity index (χ3v) is 5.35. The lowest BCUT2D eigenvalue weighted by atomic mass is 9.93. The molecule has 158 valence electrons. The number of hydrogen-bond donors (Lipinski definition) is 2. The lowest BCUT2D eigenvalue weighted by Crippen LogP contribution is -2.22. The van der Waals surface area contributed by atoms with Crippen molar-refractivity contribution < 1.29 is 14.0 Å². The van der Waals surface area contributed by atoms with Crippen LogP contribution < -0.4 is 10.7 Å². The molecule has 0 atom stereocenters. The fourth-order valence-electron chi connectivity index (χ4n) is 3.80. The number of pyridine rings is 1. The number of fused-ring (bicyclic) bond motifs is 1. The first-order valence-electron chi connectivity index (χ1n) is 10.2. The lowest BCUT2D eigenvalue weighted by Gasteiger charge is -2.13. The van der Waals surface area contributed by atoms with E-state index in [9.17, 15) is 9.59 Å². The van der Waals surface area contributed by atoms with Gasteiger partial charge < -0.3 is 9.73 Å². The maximum absolute atomic E-state index is 12.9. The lowest BCUT2D eigenvalue weighted by molar-refractivity contribution is 0.0948. The van der Waals surface area contributed by atoms with Crippen molar-refractivity contribution in [3.8, 4) is 0 Å². The Labute approximate surface area is 180 Å². The van der Waals surface area contributed by atoms with Crippen LogP contribution in [0.15, 0.2) is 52.1 Å². The van der Waals surface area contributed by atoms with E-state index in [1.54, 1.807) is 24.4 Å². The average molecular weight is 416 g/mol. The highest BCUT2D eigenvalue weighted by Crippen LogP contribution is 2.30. The molecule has 0 spiro atoms. The summed E-state index contributed by atoms with van der Waals surface area (Å²) in [6.45, 7) is 5.81. The molecule has 0 bridgehead atoms. The van der Waals surface area contributed by atoms with Gasteiger partial charge in [0.1, 0.15) is 11.5 Å². The first kappa shape index (κ1) is 20.5. The maximum Gasteiger partial charge on any atom is 0.291 e. The van der Waals surface area contributed by atoms with E-state index in [-0.39, 0.29) is 17.6 Å². The van der Waals surface area contributed by atoms with E-state index < -0.39 is 0 Å². The molecule has 7 heteroatoms. The fraction of sp³-hybridized carbons (Fsp3) is 0.250. The minimum absolute atomic E-state index is 0.274. The number of amides is 2. The van der Waals surface area contributed by atoms with Gasteiger partial charge in [0.05, 0.1) is 5.71 Å². The molecule has 1 aromatic carbocycles. The zero-order chi connectivity index (χ0) is 22.0. The third-order valence-electron chi connectivity index (χ3n) is 5.35. The summed E-state index contributed by atoms with van der Waals surface area (Å²) in [7, 11) is 0. The van der Waals surface area contributed by atoms with Gasteiger partial charge in [-0.2, -0.15) is 5.10 Å². The van der Waals surface area contributed by atoms with Gasteiger partial charge in [-0.3, -0.25) is 14.6 Å². The maximum atomic E-state index is 12.9. The Kier molecular flexibility index (Phi) is 5.66. The number of aromatic nitrogens is 1. The van der Waals surface area contributed by atoms with Crippen LogP contribution in [-0.2, 0) is 6.42 Å². The van der Waals surface area contributed by atoms with Crippen LogP contribution in [0, 0.1) is 20.8 Å². The summed E-state index contributed by atoms with van der Waals surface area (Å²) in [5.41, 5.74) is 7.97. The van der Waals surface area contributed by atoms with Crippen molar-refractivity contribution in [3.63, 3.8) is 0 Å². The number of nitrogens with zero attached hydrogens (tertiary/aromatic N) is 2. The normalized spacial score (nSPS) is 14.2. The molecule has 31 heavy (non-hydrogen) atoms. The van der Waals surface area contributed by atoms with Crippen molar-refractivity contribution in [2.45, 2.75) is 40.0 Å². The number of rotatable bonds is 4. The molecule has 1 aliphatic carbocycles. The SMILES string of the molecule is Cc1ccc(NC(=O)c2oc3c(c2C)/C(=N/NC(=O)c2ccccn2)CCC3)c(C)c1. The molecule has 2 N–H and O–H groups in total. The number of hydrogen-bond acceptors (Lipinski definition) is 5. The fourth-order valence-corrected chi connectivity index (χ4v) is 3.80. The number of aryl methyl sites for hydroxylation is 3. The van der Waals surface area contributed by atoms with Gasteiger partial charge in [-0.15, -0.1) is 0 Å². The Bertz CT molecular complexity index is 1180. The molecule has 0 unspecified atom stereocenters. The van der Waals surface area contributed by atoms with Crippen LogP contribution in [0.4, 0.5) is 5.69 Å². The number of carbonyl (C=O) groups excluding carboxylic acids is 2. The minimum Gasteiger partial charge on any atom is -0.455 e. The highest BCUT2D eigenvalue weighted by Gasteiger charge is 2.28. The van der Waals surface area contributed by atoms with Crippen LogP contribution in [0.1, 0.15) is 61.9 Å². The predicted octanol–water partition coefficient (Wildman–Crippen LogP) is 4.32. The van der Waals surface area contributed by atoms with Crippen molar-refractivity contribution in [2.75, 3.05) is 5.32 Å². The van der Waals surface area contributed by atoms with E-state index in [2.05, 4.69) is 20.8 Å². The van der Waals surface area contributed by atoms with Gasteiger partial charge in [-0.05, 0) is 57.4 Å². The Morgan fingerprint density at radius 2 is 1.90 bits per heavy atom. The second-order valence-electron chi connectivity index (χ2n) is 7.69. The quantitative estimate of drug-likeness (QED) is 0.619. The van der Waals surface area contributed by atoms with E-state index in [0.717, 1.165) is 46.5 Å². The molecule has 0 saturated heterocycles. The monoisotopic (exact) mass is 416 g/mol. The predicted molar refractivity (Wildman–Crippen MR) is 118 cm³/mol. The van der Waals surface area contributed by atoms with Gasteiger partial charge in [0.25, 0.3) is 11.8 Å². The third kappa shape index (κ3) is 4.26. The van der Waals surface area contributed by atoms with Crippen LogP contribution in [0.3, 0.4) is 0 Å². The van der Waals surface area contributed by atoms with Crippen molar-refractivity contribution >= 4 is 23.2 Å². The molecule has 1 aliphatic rings. The van der Waals surface area contributed by atoms with Gasteiger partial charge in [-0.25, -0.2) is 5.43 Å². The molecule has 2 heterocycles. The summed E-state index contributed by atoms with van der Waals surface area (Å²) in [6.07, 6.45) is 3.80. The summed E-state index contributed by atoms with van der Waals surface area (Å²) in [5, 5.41) is 7.27. The molecule has 7 nitrogen and oxygen atoms in total. The Morgan fingerprint density at radius 1 is 1.06 bits per heavy atom. The number of furan rings is 1. The standard InChI is InChI=1S/C24H24N4O3/c1-14-10-11-17(15(2)13-14)26-24(30)22-16(3)21-18(8-6-9-20(21)31-22)27-28-23(29)19-7-4-5-12-25-19/h4-5,7,10-13H,6,8-9H2,1-3H3,(H,26,30)(H,28,29)/b27-18+. The van der Waals surface area contributed by atoms with E-state index in [1.165, 1.54) is 0 Å². The number of nitrogens with one attached hydrogen (secondary N) is 2. The topological polar surface area (TPSA) is 96.6 Å². The summed E-state index contributed by atoms with van der Waals surface area (Å²) < 4.78 is 5.94. The highest BCUT2D eigenvalue weighted by atomic mass is 16.4. The van der Waals surface area contributed by atoms with E-state index in [0.29, 0.717) is 17.8 Å². The molecular weight excluding hydrogens is 392 g/mol. The Morgan fingerprint density at radius 3 is 2.65 bits per heavy atom. The summed E-state index contributed by atoms with van der Waals surface area (Å²) in [5.74, 6) is 0.320. The first-order valence-corrected chi connectivity index (χ1v) is 10.2. The first-order chi connectivity index (χ1) is 14.9. The van der Waals surface area contributed by atoms with Crippen molar-refractivity contribution in [2.24, 2.45) is 5.10 Å². The zero-order valence-corrected chi connectivity index (χ0v) is 17.8. The van der Waals surface area contributed by atoms with Crippen molar-refractivity contribution in [1.29, 1.82) is 0 Å². The molecular formula is C24H24N4O3. The highest BCUT2D eigenvalue weighted by molar-refractivity contribution is 6.09. The van der Waals surface area contributed by atoms with Crippen LogP contribution in [0.2, 0.25) is 0 Å². The molecule has 3 aromatic rings. The Balaban J connectivity index is 1.58. The van der Waals surface area contributed by atoms with Crippen molar-refractivity contribution in [3.05, 3.63) is 82.1 Å². The minimum atomic E-state index is -0.380. The molecule has 0 radical (unpaired) electrons. The van der Waals surface area contributed by atoms with E-state index >= 15 is 0 Å². The average Bonchev–Trinajstić information content (AvgIpc) is 3.12.